The number of aldehydes is 1. The van der Waals surface area contributed by atoms with Gasteiger partial charge in [0.1, 0.15) is 18.4 Å². The van der Waals surface area contributed by atoms with Gasteiger partial charge < -0.3 is 10.1 Å². The van der Waals surface area contributed by atoms with Gasteiger partial charge in [0, 0.05) is 42.7 Å². The van der Waals surface area contributed by atoms with Crippen LogP contribution in [0.2, 0.25) is 0 Å². The topological polar surface area (TPSA) is 67.4 Å². The van der Waals surface area contributed by atoms with Gasteiger partial charge in [0.15, 0.2) is 0 Å². The minimum atomic E-state index is 0.441. The normalized spacial score (nSPS) is 21.9. The Morgan fingerprint density at radius 1 is 1.00 bits per heavy atom. The van der Waals surface area contributed by atoms with Gasteiger partial charge in [0.05, 0.1) is 18.9 Å². The first-order chi connectivity index (χ1) is 17.2. The molecule has 2 fully saturated rings. The Hall–Kier alpha value is -3.09. The highest BCUT2D eigenvalue weighted by molar-refractivity contribution is 5.87. The lowest BCUT2D eigenvalue weighted by Gasteiger charge is -2.39. The zero-order valence-electron chi connectivity index (χ0n) is 20.3. The van der Waals surface area contributed by atoms with Gasteiger partial charge in [0.25, 0.3) is 0 Å². The number of rotatable bonds is 5. The quantitative estimate of drug-likeness (QED) is 0.421. The number of carbonyl (C=O) groups excluding carboxylic acids is 1. The van der Waals surface area contributed by atoms with Crippen molar-refractivity contribution in [3.63, 3.8) is 0 Å². The Morgan fingerprint density at radius 3 is 2.60 bits per heavy atom. The van der Waals surface area contributed by atoms with E-state index in [4.69, 9.17) is 9.72 Å². The number of morpholine rings is 1. The molecule has 1 N–H and O–H groups in total. The van der Waals surface area contributed by atoms with E-state index in [0.717, 1.165) is 85.6 Å². The summed E-state index contributed by atoms with van der Waals surface area (Å²) in [5.74, 6) is 0.966. The molecule has 0 atom stereocenters. The molecular formula is C29H32N4O2. The molecule has 1 saturated heterocycles. The lowest BCUT2D eigenvalue weighted by molar-refractivity contribution is 0.00791. The molecule has 35 heavy (non-hydrogen) atoms. The average Bonchev–Trinajstić information content (AvgIpc) is 3.28. The van der Waals surface area contributed by atoms with E-state index in [-0.39, 0.29) is 0 Å². The molecule has 1 aliphatic heterocycles. The molecule has 0 radical (unpaired) electrons. The van der Waals surface area contributed by atoms with Gasteiger partial charge in [-0.1, -0.05) is 24.3 Å². The van der Waals surface area contributed by atoms with Crippen LogP contribution < -0.4 is 5.32 Å². The lowest BCUT2D eigenvalue weighted by atomic mass is 9.89. The molecule has 2 heterocycles. The van der Waals surface area contributed by atoms with Crippen molar-refractivity contribution in [2.24, 2.45) is 0 Å². The molecular weight excluding hydrogens is 436 g/mol. The Bertz CT molecular complexity index is 1240. The van der Waals surface area contributed by atoms with E-state index in [0.29, 0.717) is 17.6 Å². The summed E-state index contributed by atoms with van der Waals surface area (Å²) in [6, 6.07) is 13.7. The predicted octanol–water partition coefficient (Wildman–Crippen LogP) is 4.89. The minimum absolute atomic E-state index is 0.441. The molecule has 0 unspecified atom stereocenters. The van der Waals surface area contributed by atoms with Gasteiger partial charge in [-0.15, -0.1) is 0 Å². The second-order valence-electron chi connectivity index (χ2n) is 10.1. The van der Waals surface area contributed by atoms with Crippen LogP contribution in [0.3, 0.4) is 0 Å². The van der Waals surface area contributed by atoms with E-state index in [1.165, 1.54) is 24.0 Å². The molecule has 6 heteroatoms. The van der Waals surface area contributed by atoms with Gasteiger partial charge in [-0.3, -0.25) is 9.69 Å². The Labute approximate surface area is 206 Å². The van der Waals surface area contributed by atoms with Crippen molar-refractivity contribution in [1.29, 1.82) is 0 Å². The molecule has 1 aromatic heterocycles. The summed E-state index contributed by atoms with van der Waals surface area (Å²) in [6.07, 6.45) is 8.22. The average molecular weight is 469 g/mol. The fourth-order valence-electron chi connectivity index (χ4n) is 6.07. The number of ether oxygens (including phenoxy) is 1. The number of carbonyl (C=O) groups is 1. The summed E-state index contributed by atoms with van der Waals surface area (Å²) in [7, 11) is 0. The highest BCUT2D eigenvalue weighted by Crippen LogP contribution is 2.42. The van der Waals surface area contributed by atoms with Crippen molar-refractivity contribution in [2.75, 3.05) is 31.6 Å². The molecule has 3 aliphatic rings. The van der Waals surface area contributed by atoms with Crippen LogP contribution in [0.25, 0.3) is 22.3 Å². The zero-order chi connectivity index (χ0) is 23.8. The van der Waals surface area contributed by atoms with Crippen LogP contribution in [0, 0.1) is 6.92 Å². The van der Waals surface area contributed by atoms with Crippen LogP contribution in [0.5, 0.6) is 0 Å². The third-order valence-corrected chi connectivity index (χ3v) is 7.96. The van der Waals surface area contributed by atoms with E-state index >= 15 is 0 Å². The summed E-state index contributed by atoms with van der Waals surface area (Å²) in [5.41, 5.74) is 8.90. The van der Waals surface area contributed by atoms with Crippen LogP contribution in [0.1, 0.15) is 52.9 Å². The monoisotopic (exact) mass is 468 g/mol. The molecule has 180 valence electrons. The van der Waals surface area contributed by atoms with Crippen molar-refractivity contribution in [3.8, 4) is 22.3 Å². The van der Waals surface area contributed by atoms with Crippen LogP contribution in [-0.4, -0.2) is 59.5 Å². The van der Waals surface area contributed by atoms with Crippen LogP contribution >= 0.6 is 0 Å². The van der Waals surface area contributed by atoms with Gasteiger partial charge in [-0.2, -0.15) is 0 Å². The number of fused-ring (bicyclic) bond motifs is 3. The zero-order valence-corrected chi connectivity index (χ0v) is 20.3. The summed E-state index contributed by atoms with van der Waals surface area (Å²) in [6.45, 7) is 5.94. The third-order valence-electron chi connectivity index (χ3n) is 7.96. The molecule has 6 nitrogen and oxygen atoms in total. The maximum Gasteiger partial charge on any atom is 0.150 e. The molecule has 3 aromatic rings. The van der Waals surface area contributed by atoms with Crippen LogP contribution in [0.4, 0.5) is 5.82 Å². The van der Waals surface area contributed by atoms with Gasteiger partial charge >= 0.3 is 0 Å². The van der Waals surface area contributed by atoms with Gasteiger partial charge in [-0.05, 0) is 72.6 Å². The van der Waals surface area contributed by atoms with Crippen molar-refractivity contribution in [2.45, 2.75) is 51.1 Å². The first-order valence-electron chi connectivity index (χ1n) is 12.8. The van der Waals surface area contributed by atoms with Crippen LogP contribution in [-0.2, 0) is 11.2 Å². The minimum Gasteiger partial charge on any atom is -0.379 e. The van der Waals surface area contributed by atoms with Crippen molar-refractivity contribution >= 4 is 12.1 Å². The largest absolute Gasteiger partial charge is 0.379 e. The Kier molecular flexibility index (Phi) is 6.08. The number of nitrogens with zero attached hydrogens (tertiary/aromatic N) is 3. The molecule has 0 amide bonds. The summed E-state index contributed by atoms with van der Waals surface area (Å²) in [5, 5.41) is 3.80. The van der Waals surface area contributed by atoms with Crippen LogP contribution in [0.15, 0.2) is 42.7 Å². The Balaban J connectivity index is 1.23. The van der Waals surface area contributed by atoms with Gasteiger partial charge in [0.2, 0.25) is 0 Å². The third kappa shape index (κ3) is 4.37. The lowest BCUT2D eigenvalue weighted by Crippen LogP contribution is -2.46. The number of aryl methyl sites for hydroxylation is 1. The second kappa shape index (κ2) is 9.51. The van der Waals surface area contributed by atoms with E-state index in [2.05, 4.69) is 40.3 Å². The van der Waals surface area contributed by atoms with Crippen molar-refractivity contribution < 1.29 is 9.53 Å². The summed E-state index contributed by atoms with van der Waals surface area (Å²) < 4.78 is 5.53. The number of anilines is 1. The number of benzene rings is 2. The number of nitrogens with one attached hydrogen (secondary N) is 1. The highest BCUT2D eigenvalue weighted by Gasteiger charge is 2.29. The molecule has 0 bridgehead atoms. The van der Waals surface area contributed by atoms with E-state index < -0.39 is 0 Å². The summed E-state index contributed by atoms with van der Waals surface area (Å²) in [4.78, 5) is 23.1. The van der Waals surface area contributed by atoms with Gasteiger partial charge in [-0.25, -0.2) is 9.97 Å². The predicted molar refractivity (Wildman–Crippen MR) is 138 cm³/mol. The number of hydrogen-bond acceptors (Lipinski definition) is 6. The second-order valence-corrected chi connectivity index (χ2v) is 10.1. The maximum atomic E-state index is 11.2. The molecule has 2 aromatic carbocycles. The highest BCUT2D eigenvalue weighted by atomic mass is 16.5. The van der Waals surface area contributed by atoms with E-state index in [1.807, 2.05) is 18.2 Å². The molecule has 6 rings (SSSR count). The number of hydrogen-bond donors (Lipinski definition) is 1. The fourth-order valence-corrected chi connectivity index (χ4v) is 6.07. The smallest absolute Gasteiger partial charge is 0.150 e. The molecule has 2 aliphatic carbocycles. The number of aromatic nitrogens is 2. The standard InChI is InChI=1S/C29H32N4O2/c1-19-14-20(17-34)2-9-25(19)21-3-4-22-16-27-28(26(22)15-21)29(31-18-30-27)32-23-5-7-24(8-6-23)33-10-12-35-13-11-33/h2-4,9,14-15,17-18,23-24H,5-8,10-13,16H2,1H3,(H,30,31,32). The van der Waals surface area contributed by atoms with E-state index in [1.54, 1.807) is 6.33 Å². The fraction of sp³-hybridized carbons (Fsp3) is 0.414. The Morgan fingerprint density at radius 2 is 1.83 bits per heavy atom. The molecule has 0 spiro atoms. The molecule has 1 saturated carbocycles. The van der Waals surface area contributed by atoms with Crippen molar-refractivity contribution in [1.82, 2.24) is 14.9 Å². The maximum absolute atomic E-state index is 11.2. The first kappa shape index (κ1) is 22.4. The summed E-state index contributed by atoms with van der Waals surface area (Å²) >= 11 is 0. The van der Waals surface area contributed by atoms with Crippen molar-refractivity contribution in [3.05, 3.63) is 65.1 Å². The van der Waals surface area contributed by atoms with E-state index in [9.17, 15) is 4.79 Å². The SMILES string of the molecule is Cc1cc(C=O)ccc1-c1ccc2c(c1)-c1c(ncnc1NC1CCC(N3CCOCC3)CC1)C2. The first-order valence-corrected chi connectivity index (χ1v) is 12.8.